The summed E-state index contributed by atoms with van der Waals surface area (Å²) < 4.78 is 6.72. The second-order valence-electron chi connectivity index (χ2n) is 5.01. The maximum atomic E-state index is 12.0. The molecule has 0 bridgehead atoms. The lowest BCUT2D eigenvalue weighted by Gasteiger charge is -2.02. The van der Waals surface area contributed by atoms with Crippen molar-refractivity contribution in [2.75, 3.05) is 0 Å². The molecule has 0 saturated heterocycles. The quantitative estimate of drug-likeness (QED) is 0.297. The summed E-state index contributed by atoms with van der Waals surface area (Å²) in [5.41, 5.74) is 3.68. The molecule has 1 heterocycles. The molecule has 3 rings (SSSR count). The highest BCUT2D eigenvalue weighted by molar-refractivity contribution is 14.1. The fourth-order valence-electron chi connectivity index (χ4n) is 2.08. The van der Waals surface area contributed by atoms with Gasteiger partial charge < -0.3 is 4.42 Å². The van der Waals surface area contributed by atoms with E-state index in [1.165, 1.54) is 6.21 Å². The van der Waals surface area contributed by atoms with E-state index in [1.807, 2.05) is 18.2 Å². The van der Waals surface area contributed by atoms with Gasteiger partial charge in [-0.3, -0.25) is 4.79 Å². The maximum Gasteiger partial charge on any atom is 0.271 e. The number of nitrogens with zero attached hydrogens (tertiary/aromatic N) is 1. The van der Waals surface area contributed by atoms with E-state index in [2.05, 4.69) is 33.1 Å². The van der Waals surface area contributed by atoms with E-state index in [4.69, 9.17) is 27.6 Å². The fraction of sp³-hybridized carbons (Fsp3) is 0. The predicted molar refractivity (Wildman–Crippen MR) is 108 cm³/mol. The van der Waals surface area contributed by atoms with Gasteiger partial charge in [0.1, 0.15) is 11.5 Å². The van der Waals surface area contributed by atoms with E-state index >= 15 is 0 Å². The highest BCUT2D eigenvalue weighted by Gasteiger charge is 2.10. The van der Waals surface area contributed by atoms with Crippen molar-refractivity contribution in [2.24, 2.45) is 5.10 Å². The van der Waals surface area contributed by atoms with Gasteiger partial charge in [-0.15, -0.1) is 0 Å². The first kappa shape index (κ1) is 18.0. The van der Waals surface area contributed by atoms with Crippen LogP contribution in [0.5, 0.6) is 0 Å². The average molecular weight is 485 g/mol. The molecule has 1 aromatic heterocycles. The normalized spacial score (nSPS) is 11.0. The van der Waals surface area contributed by atoms with Gasteiger partial charge in [-0.1, -0.05) is 29.3 Å². The van der Waals surface area contributed by atoms with Crippen LogP contribution in [-0.2, 0) is 0 Å². The molecule has 1 N–H and O–H groups in total. The van der Waals surface area contributed by atoms with Crippen LogP contribution < -0.4 is 5.43 Å². The molecule has 1 amide bonds. The third-order valence-corrected chi connectivity index (χ3v) is 4.85. The van der Waals surface area contributed by atoms with E-state index in [1.54, 1.807) is 36.4 Å². The van der Waals surface area contributed by atoms with Gasteiger partial charge in [-0.05, 0) is 71.1 Å². The Balaban J connectivity index is 1.69. The number of amides is 1. The van der Waals surface area contributed by atoms with Crippen molar-refractivity contribution in [1.82, 2.24) is 5.43 Å². The molecule has 126 valence electrons. The number of halogens is 3. The van der Waals surface area contributed by atoms with Gasteiger partial charge in [0.2, 0.25) is 0 Å². The van der Waals surface area contributed by atoms with Crippen LogP contribution >= 0.6 is 45.8 Å². The van der Waals surface area contributed by atoms with Crippen molar-refractivity contribution in [2.45, 2.75) is 0 Å². The number of benzene rings is 2. The summed E-state index contributed by atoms with van der Waals surface area (Å²) in [6.45, 7) is 0. The summed E-state index contributed by atoms with van der Waals surface area (Å²) in [7, 11) is 0. The zero-order chi connectivity index (χ0) is 17.8. The Morgan fingerprint density at radius 3 is 2.60 bits per heavy atom. The summed E-state index contributed by atoms with van der Waals surface area (Å²) in [6.07, 6.45) is 1.42. The number of hydrogen-bond donors (Lipinski definition) is 1. The minimum atomic E-state index is -0.294. The topological polar surface area (TPSA) is 54.6 Å². The van der Waals surface area contributed by atoms with Crippen LogP contribution in [0.2, 0.25) is 10.0 Å². The molecule has 0 radical (unpaired) electrons. The Hall–Kier alpha value is -1.83. The van der Waals surface area contributed by atoms with Crippen molar-refractivity contribution in [1.29, 1.82) is 0 Å². The molecule has 4 nitrogen and oxygen atoms in total. The molecule has 0 aliphatic rings. The van der Waals surface area contributed by atoms with Gasteiger partial charge in [0.05, 0.1) is 16.3 Å². The van der Waals surface area contributed by atoms with E-state index in [-0.39, 0.29) is 5.91 Å². The fourth-order valence-corrected chi connectivity index (χ4v) is 2.83. The van der Waals surface area contributed by atoms with Crippen LogP contribution in [0.25, 0.3) is 11.3 Å². The first-order valence-corrected chi connectivity index (χ1v) is 9.01. The monoisotopic (exact) mass is 484 g/mol. The smallest absolute Gasteiger partial charge is 0.271 e. The first-order chi connectivity index (χ1) is 12.0. The zero-order valence-electron chi connectivity index (χ0n) is 12.7. The van der Waals surface area contributed by atoms with Crippen molar-refractivity contribution in [3.05, 3.63) is 79.5 Å². The number of rotatable bonds is 4. The van der Waals surface area contributed by atoms with Crippen LogP contribution in [0.15, 0.2) is 64.1 Å². The van der Waals surface area contributed by atoms with Crippen molar-refractivity contribution in [3.8, 4) is 11.3 Å². The number of hydrogen-bond acceptors (Lipinski definition) is 3. The average Bonchev–Trinajstić information content (AvgIpc) is 3.06. The van der Waals surface area contributed by atoms with Gasteiger partial charge in [0.15, 0.2) is 0 Å². The molecule has 0 aliphatic heterocycles. The molecule has 25 heavy (non-hydrogen) atoms. The zero-order valence-corrected chi connectivity index (χ0v) is 16.3. The Kier molecular flexibility index (Phi) is 5.78. The first-order valence-electron chi connectivity index (χ1n) is 7.18. The molecule has 0 fully saturated rings. The number of furan rings is 1. The van der Waals surface area contributed by atoms with E-state index in [9.17, 15) is 4.79 Å². The number of nitrogens with one attached hydrogen (secondary N) is 1. The van der Waals surface area contributed by atoms with Crippen molar-refractivity contribution in [3.63, 3.8) is 0 Å². The Morgan fingerprint density at radius 2 is 1.84 bits per heavy atom. The molecular formula is C18H11Cl2IN2O2. The lowest BCUT2D eigenvalue weighted by Crippen LogP contribution is -2.17. The molecular weight excluding hydrogens is 474 g/mol. The largest absolute Gasteiger partial charge is 0.455 e. The summed E-state index contributed by atoms with van der Waals surface area (Å²) >= 11 is 14.4. The summed E-state index contributed by atoms with van der Waals surface area (Å²) in [6, 6.07) is 16.0. The SMILES string of the molecule is O=C(NN=Cc1ccc(-c2cccc(Cl)c2Cl)o1)c1ccc(I)cc1. The van der Waals surface area contributed by atoms with Crippen LogP contribution in [0.1, 0.15) is 16.1 Å². The van der Waals surface area contributed by atoms with Gasteiger partial charge in [-0.25, -0.2) is 5.43 Å². The standard InChI is InChI=1S/C18H11Cl2IN2O2/c19-15-3-1-2-14(17(15)20)16-9-8-13(25-16)10-22-23-18(24)11-4-6-12(21)7-5-11/h1-10H,(H,23,24). The molecule has 0 unspecified atom stereocenters. The Bertz CT molecular complexity index is 937. The molecule has 0 saturated carbocycles. The Morgan fingerprint density at radius 1 is 1.08 bits per heavy atom. The van der Waals surface area contributed by atoms with Gasteiger partial charge in [0.25, 0.3) is 5.91 Å². The van der Waals surface area contributed by atoms with Crippen LogP contribution in [0, 0.1) is 3.57 Å². The molecule has 0 atom stereocenters. The van der Waals surface area contributed by atoms with Gasteiger partial charge in [-0.2, -0.15) is 5.10 Å². The van der Waals surface area contributed by atoms with Crippen molar-refractivity contribution >= 4 is 57.9 Å². The predicted octanol–water partition coefficient (Wildman–Crippen LogP) is 5.62. The molecule has 7 heteroatoms. The van der Waals surface area contributed by atoms with E-state index in [0.717, 1.165) is 3.57 Å². The maximum absolute atomic E-state index is 12.0. The molecule has 0 aliphatic carbocycles. The molecule has 3 aromatic rings. The highest BCUT2D eigenvalue weighted by Crippen LogP contribution is 2.34. The van der Waals surface area contributed by atoms with E-state index < -0.39 is 0 Å². The summed E-state index contributed by atoms with van der Waals surface area (Å²) in [5.74, 6) is 0.754. The highest BCUT2D eigenvalue weighted by atomic mass is 127. The Labute approximate surface area is 168 Å². The lowest BCUT2D eigenvalue weighted by atomic mass is 10.2. The van der Waals surface area contributed by atoms with E-state index in [0.29, 0.717) is 32.7 Å². The second-order valence-corrected chi connectivity index (χ2v) is 7.04. The van der Waals surface area contributed by atoms with Crippen LogP contribution in [0.4, 0.5) is 0 Å². The molecule has 2 aromatic carbocycles. The third kappa shape index (κ3) is 4.42. The lowest BCUT2D eigenvalue weighted by molar-refractivity contribution is 0.0955. The second kappa shape index (κ2) is 8.03. The number of hydrazone groups is 1. The molecule has 0 spiro atoms. The minimum absolute atomic E-state index is 0.294. The number of carbonyl (C=O) groups is 1. The van der Waals surface area contributed by atoms with Crippen LogP contribution in [-0.4, -0.2) is 12.1 Å². The minimum Gasteiger partial charge on any atom is -0.455 e. The third-order valence-electron chi connectivity index (χ3n) is 3.31. The van der Waals surface area contributed by atoms with Gasteiger partial charge in [0, 0.05) is 14.7 Å². The van der Waals surface area contributed by atoms with Crippen LogP contribution in [0.3, 0.4) is 0 Å². The summed E-state index contributed by atoms with van der Waals surface area (Å²) in [5, 5.41) is 4.79. The number of carbonyl (C=O) groups excluding carboxylic acids is 1. The van der Waals surface area contributed by atoms with Crippen molar-refractivity contribution < 1.29 is 9.21 Å². The van der Waals surface area contributed by atoms with Gasteiger partial charge >= 0.3 is 0 Å². The summed E-state index contributed by atoms with van der Waals surface area (Å²) in [4.78, 5) is 12.0.